The molecule has 1 saturated heterocycles. The number of hydrogen-bond donors (Lipinski definition) is 2. The smallest absolute Gasteiger partial charge is 0.231 e. The van der Waals surface area contributed by atoms with Crippen molar-refractivity contribution in [3.05, 3.63) is 36.2 Å². The molecule has 1 atom stereocenters. The fourth-order valence-electron chi connectivity index (χ4n) is 3.03. The Bertz CT molecular complexity index is 731. The minimum absolute atomic E-state index is 0.0585. The molecular weight excluding hydrogens is 322 g/mol. The number of rotatable bonds is 6. The van der Waals surface area contributed by atoms with Gasteiger partial charge in [-0.3, -0.25) is 14.5 Å². The van der Waals surface area contributed by atoms with E-state index in [1.807, 2.05) is 35.2 Å². The molecular formula is C16H21N7O2. The number of benzene rings is 1. The van der Waals surface area contributed by atoms with Gasteiger partial charge in [-0.15, -0.1) is 5.10 Å². The number of para-hydroxylation sites is 1. The van der Waals surface area contributed by atoms with Gasteiger partial charge in [-0.05, 0) is 41.9 Å². The first-order valence-corrected chi connectivity index (χ1v) is 8.24. The zero-order valence-electron chi connectivity index (χ0n) is 13.8. The maximum atomic E-state index is 12.4. The van der Waals surface area contributed by atoms with E-state index in [0.717, 1.165) is 25.1 Å². The summed E-state index contributed by atoms with van der Waals surface area (Å²) in [4.78, 5) is 25.4. The Hall–Kier alpha value is -2.81. The number of carbonyl (C=O) groups is 2. The Kier molecular flexibility index (Phi) is 5.34. The van der Waals surface area contributed by atoms with Crippen molar-refractivity contribution < 1.29 is 9.59 Å². The van der Waals surface area contributed by atoms with Gasteiger partial charge >= 0.3 is 0 Å². The SMILES string of the molecule is NC(=O)CN1CCC[C@@H](C(=O)NCc2nnnn2-c2ccccc2)C1. The van der Waals surface area contributed by atoms with E-state index in [2.05, 4.69) is 20.8 Å². The van der Waals surface area contributed by atoms with E-state index in [1.54, 1.807) is 4.68 Å². The second-order valence-corrected chi connectivity index (χ2v) is 6.10. The first kappa shape index (κ1) is 17.0. The molecule has 1 aromatic carbocycles. The van der Waals surface area contributed by atoms with Gasteiger partial charge in [-0.2, -0.15) is 4.68 Å². The molecule has 1 aliphatic heterocycles. The molecule has 0 unspecified atom stereocenters. The van der Waals surface area contributed by atoms with Gasteiger partial charge in [-0.1, -0.05) is 18.2 Å². The van der Waals surface area contributed by atoms with Crippen molar-refractivity contribution in [3.8, 4) is 5.69 Å². The maximum absolute atomic E-state index is 12.4. The Morgan fingerprint density at radius 3 is 2.84 bits per heavy atom. The fourth-order valence-corrected chi connectivity index (χ4v) is 3.03. The van der Waals surface area contributed by atoms with E-state index in [-0.39, 0.29) is 30.8 Å². The molecule has 0 aliphatic carbocycles. The predicted octanol–water partition coefficient (Wildman–Crippen LogP) is -0.524. The molecule has 9 nitrogen and oxygen atoms in total. The Balaban J connectivity index is 1.58. The lowest BCUT2D eigenvalue weighted by Crippen LogP contribution is -2.45. The summed E-state index contributed by atoms with van der Waals surface area (Å²) in [6.07, 6.45) is 1.66. The number of nitrogens with zero attached hydrogens (tertiary/aromatic N) is 5. The van der Waals surface area contributed by atoms with Crippen molar-refractivity contribution in [2.45, 2.75) is 19.4 Å². The third kappa shape index (κ3) is 4.38. The van der Waals surface area contributed by atoms with Crippen LogP contribution in [0, 0.1) is 5.92 Å². The van der Waals surface area contributed by atoms with E-state index in [4.69, 9.17) is 5.73 Å². The van der Waals surface area contributed by atoms with E-state index in [9.17, 15) is 9.59 Å². The van der Waals surface area contributed by atoms with Crippen molar-refractivity contribution in [1.82, 2.24) is 30.4 Å². The van der Waals surface area contributed by atoms with Crippen LogP contribution in [0.5, 0.6) is 0 Å². The highest BCUT2D eigenvalue weighted by Crippen LogP contribution is 2.16. The van der Waals surface area contributed by atoms with E-state index < -0.39 is 0 Å². The lowest BCUT2D eigenvalue weighted by Gasteiger charge is -2.30. The third-order valence-electron chi connectivity index (χ3n) is 4.21. The van der Waals surface area contributed by atoms with E-state index in [1.165, 1.54) is 0 Å². The summed E-state index contributed by atoms with van der Waals surface area (Å²) in [5.41, 5.74) is 6.07. The number of carbonyl (C=O) groups excluding carboxylic acids is 2. The van der Waals surface area contributed by atoms with Crippen LogP contribution in [-0.4, -0.2) is 56.6 Å². The van der Waals surface area contributed by atoms with E-state index >= 15 is 0 Å². The number of aromatic nitrogens is 4. The van der Waals surface area contributed by atoms with Crippen molar-refractivity contribution in [3.63, 3.8) is 0 Å². The summed E-state index contributed by atoms with van der Waals surface area (Å²) in [7, 11) is 0. The average Bonchev–Trinajstić information content (AvgIpc) is 3.08. The number of likely N-dealkylation sites (tertiary alicyclic amines) is 1. The summed E-state index contributed by atoms with van der Waals surface area (Å²) in [6.45, 7) is 1.76. The molecule has 3 N–H and O–H groups in total. The summed E-state index contributed by atoms with van der Waals surface area (Å²) < 4.78 is 1.60. The molecule has 2 amide bonds. The average molecular weight is 343 g/mol. The quantitative estimate of drug-likeness (QED) is 0.728. The molecule has 2 aromatic rings. The highest BCUT2D eigenvalue weighted by atomic mass is 16.2. The second-order valence-electron chi connectivity index (χ2n) is 6.10. The molecule has 1 aliphatic rings. The van der Waals surface area contributed by atoms with Crippen molar-refractivity contribution >= 4 is 11.8 Å². The molecule has 1 fully saturated rings. The number of hydrogen-bond acceptors (Lipinski definition) is 6. The van der Waals surface area contributed by atoms with Crippen molar-refractivity contribution in [1.29, 1.82) is 0 Å². The molecule has 0 spiro atoms. The normalized spacial score (nSPS) is 18.0. The van der Waals surface area contributed by atoms with Gasteiger partial charge in [0.1, 0.15) is 0 Å². The van der Waals surface area contributed by atoms with Gasteiger partial charge < -0.3 is 11.1 Å². The third-order valence-corrected chi connectivity index (χ3v) is 4.21. The Labute approximate surface area is 145 Å². The molecule has 1 aromatic heterocycles. The molecule has 0 radical (unpaired) electrons. The van der Waals surface area contributed by atoms with E-state index in [0.29, 0.717) is 12.4 Å². The standard InChI is InChI=1S/C16H21N7O2/c17-14(24)11-22-8-4-5-12(10-22)16(25)18-9-15-19-20-21-23(15)13-6-2-1-3-7-13/h1-3,6-7,12H,4-5,8-11H2,(H2,17,24)(H,18,25)/t12-/m1/s1. The van der Waals surface area contributed by atoms with Crippen LogP contribution in [0.3, 0.4) is 0 Å². The summed E-state index contributed by atoms with van der Waals surface area (Å²) in [5.74, 6) is -0.0293. The highest BCUT2D eigenvalue weighted by molar-refractivity contribution is 5.79. The van der Waals surface area contributed by atoms with Crippen LogP contribution in [0.2, 0.25) is 0 Å². The number of nitrogens with two attached hydrogens (primary N) is 1. The van der Waals surface area contributed by atoms with Crippen LogP contribution >= 0.6 is 0 Å². The lowest BCUT2D eigenvalue weighted by molar-refractivity contribution is -0.128. The Morgan fingerprint density at radius 2 is 2.08 bits per heavy atom. The Morgan fingerprint density at radius 1 is 1.28 bits per heavy atom. The minimum Gasteiger partial charge on any atom is -0.369 e. The molecule has 2 heterocycles. The summed E-state index contributed by atoms with van der Waals surface area (Å²) in [6, 6.07) is 9.49. The second kappa shape index (κ2) is 7.84. The van der Waals surface area contributed by atoms with Crippen LogP contribution in [0.1, 0.15) is 18.7 Å². The van der Waals surface area contributed by atoms with Gasteiger partial charge in [0.15, 0.2) is 5.82 Å². The van der Waals surface area contributed by atoms with Crippen molar-refractivity contribution in [2.24, 2.45) is 11.7 Å². The topological polar surface area (TPSA) is 119 Å². The minimum atomic E-state index is -0.372. The van der Waals surface area contributed by atoms with Gasteiger partial charge in [0.05, 0.1) is 24.7 Å². The van der Waals surface area contributed by atoms with Gasteiger partial charge in [-0.25, -0.2) is 0 Å². The number of primary amides is 1. The first-order valence-electron chi connectivity index (χ1n) is 8.24. The molecule has 132 valence electrons. The van der Waals surface area contributed by atoms with Gasteiger partial charge in [0.25, 0.3) is 0 Å². The molecule has 0 saturated carbocycles. The fraction of sp³-hybridized carbons (Fsp3) is 0.438. The summed E-state index contributed by atoms with van der Waals surface area (Å²) in [5, 5.41) is 14.5. The van der Waals surface area contributed by atoms with Crippen LogP contribution in [0.4, 0.5) is 0 Å². The van der Waals surface area contributed by atoms with Gasteiger partial charge in [0.2, 0.25) is 11.8 Å². The van der Waals surface area contributed by atoms with Crippen LogP contribution in [0.25, 0.3) is 5.69 Å². The monoisotopic (exact) mass is 343 g/mol. The van der Waals surface area contributed by atoms with Crippen LogP contribution in [0.15, 0.2) is 30.3 Å². The number of nitrogens with one attached hydrogen (secondary N) is 1. The van der Waals surface area contributed by atoms with Crippen LogP contribution < -0.4 is 11.1 Å². The zero-order valence-corrected chi connectivity index (χ0v) is 13.8. The number of amides is 2. The molecule has 9 heteroatoms. The zero-order chi connectivity index (χ0) is 17.6. The molecule has 25 heavy (non-hydrogen) atoms. The molecule has 3 rings (SSSR count). The maximum Gasteiger partial charge on any atom is 0.231 e. The predicted molar refractivity (Wildman–Crippen MR) is 89.4 cm³/mol. The summed E-state index contributed by atoms with van der Waals surface area (Å²) >= 11 is 0. The highest BCUT2D eigenvalue weighted by Gasteiger charge is 2.26. The largest absolute Gasteiger partial charge is 0.369 e. The van der Waals surface area contributed by atoms with Gasteiger partial charge in [0, 0.05) is 6.54 Å². The lowest BCUT2D eigenvalue weighted by atomic mass is 9.97. The molecule has 0 bridgehead atoms. The number of tetrazole rings is 1. The van der Waals surface area contributed by atoms with Crippen molar-refractivity contribution in [2.75, 3.05) is 19.6 Å². The van der Waals surface area contributed by atoms with Crippen LogP contribution in [-0.2, 0) is 16.1 Å². The first-order chi connectivity index (χ1) is 12.1. The number of piperidine rings is 1.